The highest BCUT2D eigenvalue weighted by Gasteiger charge is 2.26. The average molecular weight is 318 g/mol. The van der Waals surface area contributed by atoms with Crippen molar-refractivity contribution in [3.05, 3.63) is 18.6 Å². The lowest BCUT2D eigenvalue weighted by Crippen LogP contribution is -2.49. The smallest absolute Gasteiger partial charge is 0.142 e. The molecule has 0 bridgehead atoms. The molecule has 7 heteroatoms. The third-order valence-corrected chi connectivity index (χ3v) is 3.95. The normalized spacial score (nSPS) is 21.9. The predicted molar refractivity (Wildman–Crippen MR) is 87.2 cm³/mol. The van der Waals surface area contributed by atoms with Crippen molar-refractivity contribution in [3.8, 4) is 0 Å². The third-order valence-electron chi connectivity index (χ3n) is 3.95. The number of nitrogens with zero attached hydrogens (tertiary/aromatic N) is 3. The number of hydrogen-bond acceptors (Lipinski definition) is 4. The largest absolute Gasteiger partial charge is 0.354 e. The molecule has 0 radical (unpaired) electrons. The van der Waals surface area contributed by atoms with Gasteiger partial charge < -0.3 is 15.2 Å². The molecule has 1 saturated heterocycles. The minimum Gasteiger partial charge on any atom is -0.354 e. The molecule has 1 aliphatic rings. The van der Waals surface area contributed by atoms with Crippen molar-refractivity contribution < 1.29 is 0 Å². The first kappa shape index (κ1) is 17.0. The van der Waals surface area contributed by atoms with Crippen LogP contribution in [0.5, 0.6) is 0 Å². The van der Waals surface area contributed by atoms with Crippen LogP contribution in [-0.2, 0) is 0 Å². The molecule has 0 unspecified atom stereocenters. The summed E-state index contributed by atoms with van der Waals surface area (Å²) in [6, 6.07) is 2.54. The van der Waals surface area contributed by atoms with Gasteiger partial charge in [0, 0.05) is 25.8 Å². The number of halogens is 2. The van der Waals surface area contributed by atoms with Gasteiger partial charge in [0.05, 0.1) is 5.39 Å². The first-order chi connectivity index (χ1) is 8.77. The summed E-state index contributed by atoms with van der Waals surface area (Å²) in [5.74, 6) is 1.70. The topological polar surface area (TPSA) is 56.8 Å². The molecule has 5 nitrogen and oxygen atoms in total. The highest BCUT2D eigenvalue weighted by Crippen LogP contribution is 2.26. The Morgan fingerprint density at radius 2 is 2.10 bits per heavy atom. The maximum atomic E-state index is 4.46. The van der Waals surface area contributed by atoms with E-state index in [0.29, 0.717) is 12.0 Å². The number of aromatic amines is 1. The van der Waals surface area contributed by atoms with Crippen molar-refractivity contribution in [2.24, 2.45) is 5.92 Å². The second-order valence-corrected chi connectivity index (χ2v) is 5.09. The van der Waals surface area contributed by atoms with Crippen LogP contribution in [0.2, 0.25) is 0 Å². The van der Waals surface area contributed by atoms with Crippen molar-refractivity contribution in [2.75, 3.05) is 25.0 Å². The second-order valence-electron chi connectivity index (χ2n) is 5.09. The average Bonchev–Trinajstić information content (AvgIpc) is 2.86. The Balaban J connectivity index is 0.000001000. The summed E-state index contributed by atoms with van der Waals surface area (Å²) < 4.78 is 0. The summed E-state index contributed by atoms with van der Waals surface area (Å²) in [6.45, 7) is 4.46. The van der Waals surface area contributed by atoms with E-state index in [1.165, 1.54) is 6.42 Å². The monoisotopic (exact) mass is 317 g/mol. The first-order valence-corrected chi connectivity index (χ1v) is 6.49. The van der Waals surface area contributed by atoms with Crippen molar-refractivity contribution in [1.29, 1.82) is 0 Å². The molecule has 1 fully saturated rings. The molecular formula is C13H21Cl2N5. The van der Waals surface area contributed by atoms with Gasteiger partial charge in [-0.25, -0.2) is 9.97 Å². The van der Waals surface area contributed by atoms with E-state index in [2.05, 4.69) is 39.1 Å². The van der Waals surface area contributed by atoms with Crippen LogP contribution in [0.1, 0.15) is 13.3 Å². The summed E-state index contributed by atoms with van der Waals surface area (Å²) in [7, 11) is 2.13. The molecule has 3 rings (SSSR count). The van der Waals surface area contributed by atoms with Crippen LogP contribution in [0, 0.1) is 5.92 Å². The number of anilines is 1. The lowest BCUT2D eigenvalue weighted by molar-refractivity contribution is 0.338. The van der Waals surface area contributed by atoms with Crippen molar-refractivity contribution in [2.45, 2.75) is 19.4 Å². The Kier molecular flexibility index (Phi) is 6.05. The number of rotatable bonds is 2. The summed E-state index contributed by atoms with van der Waals surface area (Å²) in [4.78, 5) is 14.1. The Hall–Kier alpha value is -1.04. The fourth-order valence-corrected chi connectivity index (χ4v) is 2.79. The van der Waals surface area contributed by atoms with Gasteiger partial charge in [0.1, 0.15) is 17.8 Å². The predicted octanol–water partition coefficient (Wildman–Crippen LogP) is 2.24. The van der Waals surface area contributed by atoms with Gasteiger partial charge in [0.2, 0.25) is 0 Å². The van der Waals surface area contributed by atoms with Crippen LogP contribution in [0.3, 0.4) is 0 Å². The zero-order valence-electron chi connectivity index (χ0n) is 11.7. The van der Waals surface area contributed by atoms with Gasteiger partial charge in [0.15, 0.2) is 0 Å². The number of piperidine rings is 1. The van der Waals surface area contributed by atoms with Crippen LogP contribution in [-0.4, -0.2) is 41.1 Å². The van der Waals surface area contributed by atoms with E-state index in [-0.39, 0.29) is 24.8 Å². The van der Waals surface area contributed by atoms with Crippen LogP contribution in [0.25, 0.3) is 11.0 Å². The van der Waals surface area contributed by atoms with E-state index in [9.17, 15) is 0 Å². The number of likely N-dealkylation sites (N-methyl/N-ethyl adjacent to an activating group) is 1. The van der Waals surface area contributed by atoms with Gasteiger partial charge in [0.25, 0.3) is 0 Å². The van der Waals surface area contributed by atoms with Gasteiger partial charge >= 0.3 is 0 Å². The van der Waals surface area contributed by atoms with E-state index in [1.54, 1.807) is 6.33 Å². The van der Waals surface area contributed by atoms with Gasteiger partial charge in [-0.2, -0.15) is 0 Å². The van der Waals surface area contributed by atoms with E-state index >= 15 is 0 Å². The molecule has 20 heavy (non-hydrogen) atoms. The van der Waals surface area contributed by atoms with E-state index in [0.717, 1.165) is 29.9 Å². The Bertz CT molecular complexity index is 544. The molecule has 3 heterocycles. The number of fused-ring (bicyclic) bond motifs is 1. The summed E-state index contributed by atoms with van der Waals surface area (Å²) in [5, 5.41) is 4.56. The van der Waals surface area contributed by atoms with Crippen LogP contribution in [0.4, 0.5) is 5.82 Å². The highest BCUT2D eigenvalue weighted by molar-refractivity contribution is 5.87. The molecule has 1 aliphatic heterocycles. The number of hydrogen-bond donors (Lipinski definition) is 2. The summed E-state index contributed by atoms with van der Waals surface area (Å²) >= 11 is 0. The molecule has 0 aromatic carbocycles. The molecule has 0 spiro atoms. The molecule has 2 aromatic heterocycles. The maximum absolute atomic E-state index is 4.46. The molecule has 0 amide bonds. The van der Waals surface area contributed by atoms with Gasteiger partial charge in [-0.1, -0.05) is 6.92 Å². The quantitative estimate of drug-likeness (QED) is 0.892. The minimum absolute atomic E-state index is 0. The highest BCUT2D eigenvalue weighted by atomic mass is 35.5. The van der Waals surface area contributed by atoms with Crippen molar-refractivity contribution in [3.63, 3.8) is 0 Å². The van der Waals surface area contributed by atoms with Crippen LogP contribution in [0.15, 0.2) is 18.6 Å². The molecule has 0 aliphatic carbocycles. The second kappa shape index (κ2) is 7.11. The lowest BCUT2D eigenvalue weighted by atomic mass is 9.93. The molecule has 112 valence electrons. The maximum Gasteiger partial charge on any atom is 0.142 e. The fourth-order valence-electron chi connectivity index (χ4n) is 2.79. The van der Waals surface area contributed by atoms with Gasteiger partial charge in [-0.15, -0.1) is 24.8 Å². The number of nitrogens with one attached hydrogen (secondary N) is 2. The molecule has 0 saturated carbocycles. The standard InChI is InChI=1S/C13H19N5.2ClH/c1-9-3-5-14-7-11(9)18(2)13-10-4-6-15-12(10)16-8-17-13;;/h4,6,8-9,11,14H,3,5,7H2,1-2H3,(H,15,16,17);2*1H/t9-,11+;;/m0../s1. The van der Waals surface area contributed by atoms with Crippen molar-refractivity contribution in [1.82, 2.24) is 20.3 Å². The fraction of sp³-hybridized carbons (Fsp3) is 0.538. The summed E-state index contributed by atoms with van der Waals surface area (Å²) in [5.41, 5.74) is 0.906. The summed E-state index contributed by atoms with van der Waals surface area (Å²) in [6.07, 6.45) is 4.77. The SMILES string of the molecule is C[C@H]1CCNC[C@H]1N(C)c1ncnc2[nH]ccc12.Cl.Cl. The van der Waals surface area contributed by atoms with Crippen molar-refractivity contribution >= 4 is 41.7 Å². The van der Waals surface area contributed by atoms with Gasteiger partial charge in [-0.3, -0.25) is 0 Å². The number of H-pyrrole nitrogens is 1. The Morgan fingerprint density at radius 3 is 2.85 bits per heavy atom. The zero-order chi connectivity index (χ0) is 12.5. The third kappa shape index (κ3) is 3.00. The Morgan fingerprint density at radius 1 is 1.30 bits per heavy atom. The van der Waals surface area contributed by atoms with E-state index in [1.807, 2.05) is 12.3 Å². The van der Waals surface area contributed by atoms with Crippen LogP contribution < -0.4 is 10.2 Å². The molecule has 2 N–H and O–H groups in total. The molecular weight excluding hydrogens is 297 g/mol. The molecule has 2 aromatic rings. The lowest BCUT2D eigenvalue weighted by Gasteiger charge is -2.37. The number of aromatic nitrogens is 3. The zero-order valence-corrected chi connectivity index (χ0v) is 13.3. The van der Waals surface area contributed by atoms with E-state index in [4.69, 9.17) is 0 Å². The molecule has 2 atom stereocenters. The first-order valence-electron chi connectivity index (χ1n) is 6.49. The van der Waals surface area contributed by atoms with E-state index < -0.39 is 0 Å². The Labute approximate surface area is 131 Å². The minimum atomic E-state index is 0. The van der Waals surface area contributed by atoms with Crippen LogP contribution >= 0.6 is 24.8 Å². The van der Waals surface area contributed by atoms with Gasteiger partial charge in [-0.05, 0) is 24.9 Å².